The predicted molar refractivity (Wildman–Crippen MR) is 119 cm³/mol. The summed E-state index contributed by atoms with van der Waals surface area (Å²) in [5.41, 5.74) is 1.07. The standard InChI is InChI=1S/C20H32N4O2.HI/c1-2-21-20(24-16-8-10-17(25)11-9-16)23-14-15-7-12-19(22-13-15)26-18-5-3-4-6-18;/h7,12-13,16-18,25H,2-6,8-11,14H2,1H3,(H2,21,23,24);1H. The summed E-state index contributed by atoms with van der Waals surface area (Å²) >= 11 is 0. The summed E-state index contributed by atoms with van der Waals surface area (Å²) in [6.45, 7) is 3.48. The number of nitrogens with one attached hydrogen (secondary N) is 2. The van der Waals surface area contributed by atoms with Crippen molar-refractivity contribution in [1.82, 2.24) is 15.6 Å². The molecule has 0 radical (unpaired) electrons. The van der Waals surface area contributed by atoms with E-state index in [4.69, 9.17) is 4.74 Å². The van der Waals surface area contributed by atoms with Crippen molar-refractivity contribution in [1.29, 1.82) is 0 Å². The predicted octanol–water partition coefficient (Wildman–Crippen LogP) is 3.38. The Morgan fingerprint density at radius 2 is 1.93 bits per heavy atom. The minimum absolute atomic E-state index is 0. The van der Waals surface area contributed by atoms with Crippen molar-refractivity contribution in [3.05, 3.63) is 23.9 Å². The monoisotopic (exact) mass is 488 g/mol. The molecule has 0 spiro atoms. The van der Waals surface area contributed by atoms with Gasteiger partial charge in [0, 0.05) is 24.8 Å². The number of aliphatic hydroxyl groups excluding tert-OH is 1. The number of pyridine rings is 1. The highest BCUT2D eigenvalue weighted by molar-refractivity contribution is 14.0. The molecule has 2 aliphatic carbocycles. The maximum Gasteiger partial charge on any atom is 0.213 e. The van der Waals surface area contributed by atoms with Crippen molar-refractivity contribution in [3.8, 4) is 5.88 Å². The van der Waals surface area contributed by atoms with Gasteiger partial charge in [0.25, 0.3) is 0 Å². The van der Waals surface area contributed by atoms with Gasteiger partial charge in [-0.05, 0) is 63.9 Å². The first-order valence-electron chi connectivity index (χ1n) is 10.1. The van der Waals surface area contributed by atoms with E-state index in [0.29, 0.717) is 18.7 Å². The third-order valence-electron chi connectivity index (χ3n) is 5.19. The molecule has 1 aromatic heterocycles. The Hall–Kier alpha value is -1.09. The highest BCUT2D eigenvalue weighted by Crippen LogP contribution is 2.23. The fourth-order valence-electron chi connectivity index (χ4n) is 3.66. The second-order valence-corrected chi connectivity index (χ2v) is 7.37. The zero-order valence-electron chi connectivity index (χ0n) is 16.2. The van der Waals surface area contributed by atoms with E-state index in [-0.39, 0.29) is 30.1 Å². The third-order valence-corrected chi connectivity index (χ3v) is 5.19. The summed E-state index contributed by atoms with van der Waals surface area (Å²) in [5, 5.41) is 16.4. The van der Waals surface area contributed by atoms with Crippen molar-refractivity contribution >= 4 is 29.9 Å². The number of ether oxygens (including phenoxy) is 1. The first-order chi connectivity index (χ1) is 12.7. The van der Waals surface area contributed by atoms with Crippen LogP contribution in [0.2, 0.25) is 0 Å². The summed E-state index contributed by atoms with van der Waals surface area (Å²) in [4.78, 5) is 9.11. The van der Waals surface area contributed by atoms with E-state index < -0.39 is 0 Å². The summed E-state index contributed by atoms with van der Waals surface area (Å²) in [7, 11) is 0. The molecule has 0 bridgehead atoms. The first-order valence-corrected chi connectivity index (χ1v) is 10.1. The molecule has 152 valence electrons. The molecule has 1 aromatic rings. The molecule has 7 heteroatoms. The van der Waals surface area contributed by atoms with E-state index in [1.807, 2.05) is 18.3 Å². The van der Waals surface area contributed by atoms with Crippen LogP contribution in [0.3, 0.4) is 0 Å². The smallest absolute Gasteiger partial charge is 0.213 e. The van der Waals surface area contributed by atoms with Gasteiger partial charge in [0.1, 0.15) is 6.10 Å². The topological polar surface area (TPSA) is 78.8 Å². The van der Waals surface area contributed by atoms with E-state index in [9.17, 15) is 5.11 Å². The molecule has 0 amide bonds. The Bertz CT molecular complexity index is 568. The molecule has 2 saturated carbocycles. The van der Waals surface area contributed by atoms with E-state index in [0.717, 1.165) is 62.5 Å². The Morgan fingerprint density at radius 3 is 2.56 bits per heavy atom. The van der Waals surface area contributed by atoms with Gasteiger partial charge in [-0.2, -0.15) is 0 Å². The van der Waals surface area contributed by atoms with Gasteiger partial charge < -0.3 is 20.5 Å². The Labute approximate surface area is 179 Å². The van der Waals surface area contributed by atoms with Gasteiger partial charge in [0.05, 0.1) is 12.6 Å². The molecule has 1 heterocycles. The molecule has 27 heavy (non-hydrogen) atoms. The molecular formula is C20H33IN4O2. The molecular weight excluding hydrogens is 455 g/mol. The third kappa shape index (κ3) is 7.44. The second-order valence-electron chi connectivity index (χ2n) is 7.37. The highest BCUT2D eigenvalue weighted by atomic mass is 127. The lowest BCUT2D eigenvalue weighted by Gasteiger charge is -2.27. The van der Waals surface area contributed by atoms with Crippen molar-refractivity contribution in [3.63, 3.8) is 0 Å². The van der Waals surface area contributed by atoms with Gasteiger partial charge in [-0.1, -0.05) is 6.07 Å². The van der Waals surface area contributed by atoms with E-state index in [1.54, 1.807) is 0 Å². The summed E-state index contributed by atoms with van der Waals surface area (Å²) in [5.74, 6) is 1.55. The van der Waals surface area contributed by atoms with Crippen molar-refractivity contribution in [2.24, 2.45) is 4.99 Å². The quantitative estimate of drug-likeness (QED) is 0.325. The summed E-state index contributed by atoms with van der Waals surface area (Å²) in [6.07, 6.45) is 10.6. The second kappa shape index (κ2) is 11.7. The van der Waals surface area contributed by atoms with Crippen LogP contribution in [0.15, 0.2) is 23.3 Å². The normalized spacial score (nSPS) is 23.6. The van der Waals surface area contributed by atoms with Crippen LogP contribution in [-0.2, 0) is 6.54 Å². The van der Waals surface area contributed by atoms with Crippen LogP contribution in [-0.4, -0.2) is 40.8 Å². The lowest BCUT2D eigenvalue weighted by atomic mass is 9.93. The van der Waals surface area contributed by atoms with Crippen LogP contribution >= 0.6 is 24.0 Å². The van der Waals surface area contributed by atoms with Gasteiger partial charge in [-0.15, -0.1) is 24.0 Å². The van der Waals surface area contributed by atoms with Crippen molar-refractivity contribution < 1.29 is 9.84 Å². The molecule has 0 atom stereocenters. The molecule has 6 nitrogen and oxygen atoms in total. The van der Waals surface area contributed by atoms with Gasteiger partial charge in [0.15, 0.2) is 5.96 Å². The number of nitrogens with zero attached hydrogens (tertiary/aromatic N) is 2. The summed E-state index contributed by atoms with van der Waals surface area (Å²) in [6, 6.07) is 4.38. The van der Waals surface area contributed by atoms with Crippen molar-refractivity contribution in [2.75, 3.05) is 6.54 Å². The maximum atomic E-state index is 9.64. The number of aromatic nitrogens is 1. The highest BCUT2D eigenvalue weighted by Gasteiger charge is 2.20. The number of aliphatic hydroxyl groups is 1. The fourth-order valence-corrected chi connectivity index (χ4v) is 3.66. The Morgan fingerprint density at radius 1 is 1.19 bits per heavy atom. The number of halogens is 1. The summed E-state index contributed by atoms with van der Waals surface area (Å²) < 4.78 is 5.91. The average Bonchev–Trinajstić information content (AvgIpc) is 3.16. The first kappa shape index (κ1) is 22.2. The number of rotatable bonds is 6. The average molecular weight is 488 g/mol. The lowest BCUT2D eigenvalue weighted by Crippen LogP contribution is -2.45. The van der Waals surface area contributed by atoms with Crippen molar-refractivity contribution in [2.45, 2.75) is 83.1 Å². The lowest BCUT2D eigenvalue weighted by molar-refractivity contribution is 0.120. The minimum atomic E-state index is -0.136. The Balaban J connectivity index is 0.00000261. The number of guanidine groups is 1. The van der Waals surface area contributed by atoms with E-state index >= 15 is 0 Å². The molecule has 0 unspecified atom stereocenters. The van der Waals surface area contributed by atoms with Crippen LogP contribution in [0.4, 0.5) is 0 Å². The van der Waals surface area contributed by atoms with Gasteiger partial charge in [-0.3, -0.25) is 0 Å². The van der Waals surface area contributed by atoms with Crippen LogP contribution in [0.1, 0.15) is 63.9 Å². The number of hydrogen-bond acceptors (Lipinski definition) is 4. The SMILES string of the molecule is CCNC(=NCc1ccc(OC2CCCC2)nc1)NC1CCC(O)CC1.I. The molecule has 2 fully saturated rings. The molecule has 0 aliphatic heterocycles. The molecule has 3 N–H and O–H groups in total. The molecule has 2 aliphatic rings. The van der Waals surface area contributed by atoms with E-state index in [2.05, 4.69) is 27.5 Å². The minimum Gasteiger partial charge on any atom is -0.474 e. The zero-order valence-corrected chi connectivity index (χ0v) is 18.5. The number of hydrogen-bond donors (Lipinski definition) is 3. The fraction of sp³-hybridized carbons (Fsp3) is 0.700. The molecule has 3 rings (SSSR count). The largest absolute Gasteiger partial charge is 0.474 e. The van der Waals surface area contributed by atoms with Gasteiger partial charge in [0.2, 0.25) is 5.88 Å². The zero-order chi connectivity index (χ0) is 18.2. The van der Waals surface area contributed by atoms with Crippen LogP contribution < -0.4 is 15.4 Å². The maximum absolute atomic E-state index is 9.64. The van der Waals surface area contributed by atoms with Crippen LogP contribution in [0.5, 0.6) is 5.88 Å². The van der Waals surface area contributed by atoms with Crippen LogP contribution in [0.25, 0.3) is 0 Å². The van der Waals surface area contributed by atoms with Crippen LogP contribution in [0, 0.1) is 0 Å². The van der Waals surface area contributed by atoms with Gasteiger partial charge >= 0.3 is 0 Å². The van der Waals surface area contributed by atoms with Gasteiger partial charge in [-0.25, -0.2) is 9.98 Å². The Kier molecular flexibility index (Phi) is 9.61. The number of aliphatic imine (C=N–C) groups is 1. The van der Waals surface area contributed by atoms with E-state index in [1.165, 1.54) is 12.8 Å². The molecule has 0 aromatic carbocycles. The molecule has 0 saturated heterocycles.